The average molecular weight is 375 g/mol. The number of amides is 1. The van der Waals surface area contributed by atoms with Gasteiger partial charge in [-0.3, -0.25) is 4.79 Å². The third kappa shape index (κ3) is 4.46. The van der Waals surface area contributed by atoms with E-state index in [4.69, 9.17) is 4.74 Å². The van der Waals surface area contributed by atoms with Crippen LogP contribution in [-0.2, 0) is 6.54 Å². The number of pyridine rings is 1. The summed E-state index contributed by atoms with van der Waals surface area (Å²) in [5.41, 5.74) is 1.93. The molecule has 1 aromatic heterocycles. The van der Waals surface area contributed by atoms with Gasteiger partial charge in [-0.25, -0.2) is 4.98 Å². The number of carbonyl (C=O) groups excluding carboxylic acids is 1. The fourth-order valence-electron chi connectivity index (χ4n) is 2.52. The Morgan fingerprint density at radius 3 is 2.63 bits per heavy atom. The molecule has 0 unspecified atom stereocenters. The predicted octanol–water partition coefficient (Wildman–Crippen LogP) is 4.04. The first-order chi connectivity index (χ1) is 13.2. The van der Waals surface area contributed by atoms with Gasteiger partial charge in [-0.1, -0.05) is 42.1 Å². The van der Waals surface area contributed by atoms with Gasteiger partial charge < -0.3 is 10.1 Å². The number of nitriles is 1. The number of nitrogens with zero attached hydrogens (tertiary/aromatic N) is 2. The second-order valence-corrected chi connectivity index (χ2v) is 6.64. The number of nitrogens with one attached hydrogen (secondary N) is 1. The van der Waals surface area contributed by atoms with E-state index in [0.29, 0.717) is 23.6 Å². The summed E-state index contributed by atoms with van der Waals surface area (Å²) >= 11 is 1.40. The summed E-state index contributed by atoms with van der Waals surface area (Å²) in [5, 5.41) is 12.2. The topological polar surface area (TPSA) is 75.0 Å². The van der Waals surface area contributed by atoms with Crippen molar-refractivity contribution < 1.29 is 9.53 Å². The largest absolute Gasteiger partial charge is 0.481 e. The monoisotopic (exact) mass is 375 g/mol. The number of rotatable bonds is 6. The van der Waals surface area contributed by atoms with Gasteiger partial charge in [0.15, 0.2) is 0 Å². The van der Waals surface area contributed by atoms with Crippen molar-refractivity contribution in [2.45, 2.75) is 16.3 Å². The van der Waals surface area contributed by atoms with Crippen LogP contribution in [0.1, 0.15) is 21.5 Å². The van der Waals surface area contributed by atoms with Gasteiger partial charge in [0.1, 0.15) is 6.07 Å². The molecule has 0 aliphatic rings. The maximum Gasteiger partial charge on any atom is 0.252 e. The molecular weight excluding hydrogens is 358 g/mol. The van der Waals surface area contributed by atoms with Crippen LogP contribution in [0.2, 0.25) is 0 Å². The van der Waals surface area contributed by atoms with E-state index in [2.05, 4.69) is 16.4 Å². The lowest BCUT2D eigenvalue weighted by Gasteiger charge is -2.11. The van der Waals surface area contributed by atoms with Gasteiger partial charge in [0.2, 0.25) is 5.88 Å². The number of ether oxygens (including phenoxy) is 1. The Bertz CT molecular complexity index is 998. The normalized spacial score (nSPS) is 10.1. The molecule has 134 valence electrons. The first kappa shape index (κ1) is 18.5. The lowest BCUT2D eigenvalue weighted by molar-refractivity contribution is 0.0947. The highest BCUT2D eigenvalue weighted by Gasteiger charge is 2.14. The van der Waals surface area contributed by atoms with Crippen molar-refractivity contribution in [2.24, 2.45) is 0 Å². The van der Waals surface area contributed by atoms with Crippen LogP contribution >= 0.6 is 11.8 Å². The molecule has 2 aromatic carbocycles. The van der Waals surface area contributed by atoms with Crippen LogP contribution in [0.3, 0.4) is 0 Å². The third-order valence-corrected chi connectivity index (χ3v) is 4.99. The molecule has 27 heavy (non-hydrogen) atoms. The van der Waals surface area contributed by atoms with E-state index in [1.165, 1.54) is 11.8 Å². The maximum atomic E-state index is 12.7. The summed E-state index contributed by atoms with van der Waals surface area (Å²) in [5.74, 6) is 0.293. The van der Waals surface area contributed by atoms with Crippen LogP contribution in [0.5, 0.6) is 5.88 Å². The van der Waals surface area contributed by atoms with Crippen molar-refractivity contribution in [1.29, 1.82) is 5.26 Å². The molecule has 1 heterocycles. The summed E-state index contributed by atoms with van der Waals surface area (Å²) in [7, 11) is 1.55. The van der Waals surface area contributed by atoms with Gasteiger partial charge in [0, 0.05) is 28.1 Å². The molecule has 0 atom stereocenters. The van der Waals surface area contributed by atoms with Gasteiger partial charge in [0.05, 0.1) is 18.2 Å². The van der Waals surface area contributed by atoms with Crippen LogP contribution in [0.15, 0.2) is 76.7 Å². The van der Waals surface area contributed by atoms with Crippen molar-refractivity contribution in [3.63, 3.8) is 0 Å². The third-order valence-electron chi connectivity index (χ3n) is 3.84. The highest BCUT2D eigenvalue weighted by molar-refractivity contribution is 7.99. The summed E-state index contributed by atoms with van der Waals surface area (Å²) in [6.45, 7) is 0.309. The average Bonchev–Trinajstić information content (AvgIpc) is 2.73. The number of methoxy groups -OCH3 is 1. The zero-order valence-electron chi connectivity index (χ0n) is 14.7. The zero-order valence-corrected chi connectivity index (χ0v) is 15.5. The minimum absolute atomic E-state index is 0.196. The quantitative estimate of drug-likeness (QED) is 0.704. The van der Waals surface area contributed by atoms with Crippen LogP contribution in [0, 0.1) is 11.3 Å². The summed E-state index contributed by atoms with van der Waals surface area (Å²) in [4.78, 5) is 18.5. The second-order valence-electron chi connectivity index (χ2n) is 5.56. The van der Waals surface area contributed by atoms with E-state index in [0.717, 1.165) is 15.4 Å². The van der Waals surface area contributed by atoms with Crippen LogP contribution in [0.4, 0.5) is 0 Å². The van der Waals surface area contributed by atoms with E-state index >= 15 is 0 Å². The smallest absolute Gasteiger partial charge is 0.252 e. The minimum atomic E-state index is -0.196. The lowest BCUT2D eigenvalue weighted by atomic mass is 10.2. The van der Waals surface area contributed by atoms with E-state index in [1.807, 2.05) is 42.5 Å². The van der Waals surface area contributed by atoms with Crippen molar-refractivity contribution in [2.75, 3.05) is 7.11 Å². The lowest BCUT2D eigenvalue weighted by Crippen LogP contribution is -2.23. The Balaban J connectivity index is 1.79. The molecule has 0 saturated heterocycles. The van der Waals surface area contributed by atoms with Gasteiger partial charge in [-0.05, 0) is 30.3 Å². The molecule has 0 spiro atoms. The summed E-state index contributed by atoms with van der Waals surface area (Å²) in [6, 6.07) is 20.5. The van der Waals surface area contributed by atoms with Crippen molar-refractivity contribution in [1.82, 2.24) is 10.3 Å². The van der Waals surface area contributed by atoms with E-state index < -0.39 is 0 Å². The highest BCUT2D eigenvalue weighted by atomic mass is 32.2. The molecule has 6 heteroatoms. The molecule has 0 fully saturated rings. The maximum absolute atomic E-state index is 12.7. The fourth-order valence-corrected chi connectivity index (χ4v) is 3.55. The van der Waals surface area contributed by atoms with Gasteiger partial charge in [-0.15, -0.1) is 0 Å². The Labute approximate surface area is 162 Å². The molecule has 0 aliphatic carbocycles. The number of hydrogen-bond acceptors (Lipinski definition) is 5. The number of benzene rings is 2. The summed E-state index contributed by atoms with van der Waals surface area (Å²) in [6.07, 6.45) is 1.64. The van der Waals surface area contributed by atoms with Crippen molar-refractivity contribution in [3.8, 4) is 11.9 Å². The van der Waals surface area contributed by atoms with E-state index in [1.54, 1.807) is 31.5 Å². The second kappa shape index (κ2) is 8.88. The first-order valence-corrected chi connectivity index (χ1v) is 9.06. The Morgan fingerprint density at radius 1 is 1.11 bits per heavy atom. The van der Waals surface area contributed by atoms with Crippen molar-refractivity contribution >= 4 is 17.7 Å². The molecule has 3 aromatic rings. The first-order valence-electron chi connectivity index (χ1n) is 8.25. The van der Waals surface area contributed by atoms with E-state index in [-0.39, 0.29) is 5.91 Å². The molecular formula is C21H17N3O2S. The standard InChI is InChI=1S/C21H17N3O2S/c1-26-21-16(8-6-12-23-21)14-24-20(25)17-9-3-5-11-19(17)27-18-10-4-2-7-15(18)13-22/h2-12H,14H2,1H3,(H,24,25). The highest BCUT2D eigenvalue weighted by Crippen LogP contribution is 2.32. The molecule has 0 aliphatic heterocycles. The molecule has 1 N–H and O–H groups in total. The summed E-state index contributed by atoms with van der Waals surface area (Å²) < 4.78 is 5.21. The molecule has 0 radical (unpaired) electrons. The SMILES string of the molecule is COc1ncccc1CNC(=O)c1ccccc1Sc1ccccc1C#N. The van der Waals surface area contributed by atoms with Crippen LogP contribution in [-0.4, -0.2) is 18.0 Å². The van der Waals surface area contributed by atoms with Crippen molar-refractivity contribution in [3.05, 3.63) is 83.6 Å². The number of carbonyl (C=O) groups is 1. The van der Waals surface area contributed by atoms with E-state index in [9.17, 15) is 10.1 Å². The predicted molar refractivity (Wildman–Crippen MR) is 104 cm³/mol. The zero-order chi connectivity index (χ0) is 19.1. The molecule has 0 saturated carbocycles. The molecule has 1 amide bonds. The van der Waals surface area contributed by atoms with Gasteiger partial charge >= 0.3 is 0 Å². The fraction of sp³-hybridized carbons (Fsp3) is 0.0952. The van der Waals surface area contributed by atoms with Crippen LogP contribution < -0.4 is 10.1 Å². The Hall–Kier alpha value is -3.30. The molecule has 3 rings (SSSR count). The Morgan fingerprint density at radius 2 is 1.85 bits per heavy atom. The number of aromatic nitrogens is 1. The number of hydrogen-bond donors (Lipinski definition) is 1. The molecule has 0 bridgehead atoms. The molecule has 5 nitrogen and oxygen atoms in total. The van der Waals surface area contributed by atoms with Gasteiger partial charge in [0.25, 0.3) is 5.91 Å². The van der Waals surface area contributed by atoms with Crippen LogP contribution in [0.25, 0.3) is 0 Å². The minimum Gasteiger partial charge on any atom is -0.481 e. The van der Waals surface area contributed by atoms with Gasteiger partial charge in [-0.2, -0.15) is 5.26 Å². The Kier molecular flexibility index (Phi) is 6.08.